The third-order valence-electron chi connectivity index (χ3n) is 8.59. The van der Waals surface area contributed by atoms with Gasteiger partial charge in [0, 0.05) is 37.4 Å². The van der Waals surface area contributed by atoms with Crippen LogP contribution in [0.25, 0.3) is 0 Å². The van der Waals surface area contributed by atoms with Crippen molar-refractivity contribution in [2.24, 2.45) is 18.9 Å². The molecule has 0 bridgehead atoms. The molecule has 41 heavy (non-hydrogen) atoms. The van der Waals surface area contributed by atoms with Crippen LogP contribution < -0.4 is 5.32 Å². The first-order valence-corrected chi connectivity index (χ1v) is 14.0. The number of pyridine rings is 1. The van der Waals surface area contributed by atoms with Gasteiger partial charge in [0.05, 0.1) is 23.7 Å². The fourth-order valence-electron chi connectivity index (χ4n) is 5.97. The van der Waals surface area contributed by atoms with E-state index < -0.39 is 29.9 Å². The van der Waals surface area contributed by atoms with Gasteiger partial charge in [-0.05, 0) is 74.4 Å². The fourth-order valence-corrected chi connectivity index (χ4v) is 5.97. The summed E-state index contributed by atoms with van der Waals surface area (Å²) >= 11 is 0. The quantitative estimate of drug-likeness (QED) is 0.288. The Kier molecular flexibility index (Phi) is 8.31. The largest absolute Gasteiger partial charge is 0.418 e. The van der Waals surface area contributed by atoms with Gasteiger partial charge in [0.25, 0.3) is 0 Å². The number of nitrogens with one attached hydrogen (secondary N) is 1. The highest BCUT2D eigenvalue weighted by molar-refractivity contribution is 5.48. The van der Waals surface area contributed by atoms with Crippen LogP contribution in [0.15, 0.2) is 42.9 Å². The van der Waals surface area contributed by atoms with Gasteiger partial charge in [-0.15, -0.1) is 10.2 Å². The van der Waals surface area contributed by atoms with E-state index in [1.54, 1.807) is 24.2 Å². The highest BCUT2D eigenvalue weighted by Gasteiger charge is 2.43. The SMILES string of the molecule is CC(c1cnc(CNc2cccc([C@H](c3nncn3C)C3CCC3)c2)c(C(F)(F)F)c1)N1CCC[C@@H](C(F)(F)F)C1. The zero-order valence-corrected chi connectivity index (χ0v) is 23.0. The first-order chi connectivity index (χ1) is 19.4. The number of nitrogens with zero attached hydrogens (tertiary/aromatic N) is 5. The van der Waals surface area contributed by atoms with Gasteiger partial charge in [-0.3, -0.25) is 9.88 Å². The third kappa shape index (κ3) is 6.52. The van der Waals surface area contributed by atoms with Crippen molar-refractivity contribution < 1.29 is 26.3 Å². The molecule has 1 aliphatic carbocycles. The van der Waals surface area contributed by atoms with Crippen molar-refractivity contribution >= 4 is 5.69 Å². The fraction of sp³-hybridized carbons (Fsp3) is 0.552. The number of alkyl halides is 6. The second kappa shape index (κ2) is 11.6. The minimum atomic E-state index is -4.67. The molecular weight excluding hydrogens is 546 g/mol. The molecule has 3 aromatic rings. The van der Waals surface area contributed by atoms with Crippen LogP contribution in [0.3, 0.4) is 0 Å². The maximum atomic E-state index is 14.1. The van der Waals surface area contributed by atoms with Crippen molar-refractivity contribution in [2.45, 2.75) is 69.9 Å². The van der Waals surface area contributed by atoms with E-state index in [1.807, 2.05) is 29.8 Å². The Morgan fingerprint density at radius 2 is 1.80 bits per heavy atom. The summed E-state index contributed by atoms with van der Waals surface area (Å²) in [5.74, 6) is -0.166. The molecular formula is C29H34F6N6. The molecule has 12 heteroatoms. The molecule has 1 aliphatic heterocycles. The van der Waals surface area contributed by atoms with Crippen molar-refractivity contribution in [3.63, 3.8) is 0 Å². The number of rotatable bonds is 8. The molecule has 1 unspecified atom stereocenters. The van der Waals surface area contributed by atoms with Crippen LogP contribution in [0.1, 0.15) is 79.2 Å². The molecule has 1 aromatic carbocycles. The number of anilines is 1. The van der Waals surface area contributed by atoms with Crippen LogP contribution >= 0.6 is 0 Å². The average Bonchev–Trinajstić information content (AvgIpc) is 3.33. The number of piperidine rings is 1. The zero-order valence-electron chi connectivity index (χ0n) is 23.0. The molecule has 1 saturated carbocycles. The van der Waals surface area contributed by atoms with Gasteiger partial charge in [-0.1, -0.05) is 18.6 Å². The lowest BCUT2D eigenvalue weighted by atomic mass is 9.72. The number of hydrogen-bond acceptors (Lipinski definition) is 5. The maximum absolute atomic E-state index is 14.1. The Hall–Kier alpha value is -3.15. The summed E-state index contributed by atoms with van der Waals surface area (Å²) in [6, 6.07) is 8.02. The Balaban J connectivity index is 1.34. The molecule has 5 rings (SSSR count). The summed E-state index contributed by atoms with van der Waals surface area (Å²) in [6.07, 6.45) is -2.30. The van der Waals surface area contributed by atoms with E-state index in [-0.39, 0.29) is 36.7 Å². The number of aromatic nitrogens is 4. The highest BCUT2D eigenvalue weighted by Crippen LogP contribution is 2.43. The number of benzene rings is 1. The molecule has 3 heterocycles. The molecule has 222 valence electrons. The van der Waals surface area contributed by atoms with E-state index in [0.717, 1.165) is 36.7 Å². The Bertz CT molecular complexity index is 1330. The number of halogens is 6. The van der Waals surface area contributed by atoms with Gasteiger partial charge in [-0.25, -0.2) is 0 Å². The van der Waals surface area contributed by atoms with Crippen molar-refractivity contribution in [1.82, 2.24) is 24.6 Å². The van der Waals surface area contributed by atoms with Crippen LogP contribution in [0.4, 0.5) is 32.0 Å². The second-order valence-corrected chi connectivity index (χ2v) is 11.3. The highest BCUT2D eigenvalue weighted by atomic mass is 19.4. The van der Waals surface area contributed by atoms with Crippen molar-refractivity contribution in [1.29, 1.82) is 0 Å². The lowest BCUT2D eigenvalue weighted by Crippen LogP contribution is -2.42. The van der Waals surface area contributed by atoms with Gasteiger partial charge >= 0.3 is 12.4 Å². The minimum absolute atomic E-state index is 0.0323. The van der Waals surface area contributed by atoms with Gasteiger partial charge in [-0.2, -0.15) is 26.3 Å². The molecule has 6 nitrogen and oxygen atoms in total. The molecule has 0 radical (unpaired) electrons. The summed E-state index contributed by atoms with van der Waals surface area (Å²) in [7, 11) is 1.90. The van der Waals surface area contributed by atoms with Gasteiger partial charge in [0.15, 0.2) is 0 Å². The normalized spacial score (nSPS) is 20.4. The van der Waals surface area contributed by atoms with E-state index >= 15 is 0 Å². The number of hydrogen-bond donors (Lipinski definition) is 1. The van der Waals surface area contributed by atoms with E-state index in [9.17, 15) is 26.3 Å². The number of aryl methyl sites for hydroxylation is 1. The van der Waals surface area contributed by atoms with E-state index in [2.05, 4.69) is 20.5 Å². The average molecular weight is 581 g/mol. The van der Waals surface area contributed by atoms with Crippen LogP contribution in [-0.2, 0) is 19.8 Å². The van der Waals surface area contributed by atoms with Crippen molar-refractivity contribution in [3.8, 4) is 0 Å². The van der Waals surface area contributed by atoms with Crippen LogP contribution in [0.2, 0.25) is 0 Å². The molecule has 0 amide bonds. The van der Waals surface area contributed by atoms with Crippen molar-refractivity contribution in [2.75, 3.05) is 18.4 Å². The van der Waals surface area contributed by atoms with Gasteiger partial charge in [0.2, 0.25) is 0 Å². The van der Waals surface area contributed by atoms with Gasteiger partial charge in [0.1, 0.15) is 12.2 Å². The summed E-state index contributed by atoms with van der Waals surface area (Å²) < 4.78 is 84.2. The summed E-state index contributed by atoms with van der Waals surface area (Å²) in [5.41, 5.74) is 0.865. The molecule has 0 spiro atoms. The molecule has 2 fully saturated rings. The number of likely N-dealkylation sites (tertiary alicyclic amines) is 1. The monoisotopic (exact) mass is 580 g/mol. The molecule has 2 aliphatic rings. The van der Waals surface area contributed by atoms with Crippen LogP contribution in [-0.4, -0.2) is 43.9 Å². The predicted molar refractivity (Wildman–Crippen MR) is 142 cm³/mol. The second-order valence-electron chi connectivity index (χ2n) is 11.3. The van der Waals surface area contributed by atoms with E-state index in [4.69, 9.17) is 0 Å². The first kappa shape index (κ1) is 29.3. The van der Waals surface area contributed by atoms with Crippen LogP contribution in [0, 0.1) is 11.8 Å². The van der Waals surface area contributed by atoms with Crippen LogP contribution in [0.5, 0.6) is 0 Å². The summed E-state index contributed by atoms with van der Waals surface area (Å²) in [6.45, 7) is 1.63. The Morgan fingerprint density at radius 3 is 2.44 bits per heavy atom. The van der Waals surface area contributed by atoms with E-state index in [1.165, 1.54) is 6.20 Å². The topological polar surface area (TPSA) is 58.9 Å². The first-order valence-electron chi connectivity index (χ1n) is 14.0. The smallest absolute Gasteiger partial charge is 0.379 e. The van der Waals surface area contributed by atoms with E-state index in [0.29, 0.717) is 24.6 Å². The standard InChI is InChI=1S/C29H34F6N6/c1-18(41-11-5-9-22(16-41)28(30,31)32)21-13-24(29(33,34)35)25(37-14-21)15-36-23-10-4-8-20(12-23)26(19-6-3-7-19)27-39-38-17-40(27)2/h4,8,10,12-14,17-19,22,26,36H,3,5-7,9,11,15-16H2,1-2H3/t18?,22-,26-/m1/s1. The predicted octanol–water partition coefficient (Wildman–Crippen LogP) is 7.11. The molecule has 3 atom stereocenters. The molecule has 2 aromatic heterocycles. The molecule has 1 saturated heterocycles. The lowest BCUT2D eigenvalue weighted by molar-refractivity contribution is -0.188. The summed E-state index contributed by atoms with van der Waals surface area (Å²) in [4.78, 5) is 5.75. The zero-order chi connectivity index (χ0) is 29.4. The summed E-state index contributed by atoms with van der Waals surface area (Å²) in [5, 5.41) is 11.5. The third-order valence-corrected chi connectivity index (χ3v) is 8.59. The van der Waals surface area contributed by atoms with Crippen molar-refractivity contribution in [3.05, 3.63) is 71.1 Å². The minimum Gasteiger partial charge on any atom is -0.379 e. The van der Waals surface area contributed by atoms with Gasteiger partial charge < -0.3 is 9.88 Å². The maximum Gasteiger partial charge on any atom is 0.418 e. The Labute approximate surface area is 235 Å². The molecule has 1 N–H and O–H groups in total. The lowest BCUT2D eigenvalue weighted by Gasteiger charge is -2.37. The Morgan fingerprint density at radius 1 is 1.02 bits per heavy atom.